The number of ether oxygens (including phenoxy) is 1. The van der Waals surface area contributed by atoms with Gasteiger partial charge in [0.05, 0.1) is 23.5 Å². The van der Waals surface area contributed by atoms with E-state index >= 15 is 0 Å². The number of nitrogens with one attached hydrogen (secondary N) is 1. The number of carbonyl (C=O) groups is 1. The van der Waals surface area contributed by atoms with Crippen LogP contribution in [0.5, 0.6) is 5.75 Å². The number of hydrogen-bond acceptors (Lipinski definition) is 5. The van der Waals surface area contributed by atoms with Crippen LogP contribution in [0.4, 0.5) is 0 Å². The van der Waals surface area contributed by atoms with Gasteiger partial charge in [0, 0.05) is 23.4 Å². The molecule has 4 aromatic rings. The van der Waals surface area contributed by atoms with E-state index in [2.05, 4.69) is 23.4 Å². The van der Waals surface area contributed by atoms with Gasteiger partial charge in [-0.25, -0.2) is 4.68 Å². The second-order valence-electron chi connectivity index (χ2n) is 6.81. The van der Waals surface area contributed by atoms with Crippen LogP contribution in [0.1, 0.15) is 17.4 Å². The van der Waals surface area contributed by atoms with E-state index in [4.69, 9.17) is 4.74 Å². The number of aryl methyl sites for hydroxylation is 2. The average molecular weight is 410 g/mol. The minimum Gasteiger partial charge on any atom is -0.497 e. The molecule has 7 nitrogen and oxygen atoms in total. The van der Waals surface area contributed by atoms with Crippen LogP contribution < -0.4 is 15.6 Å². The summed E-state index contributed by atoms with van der Waals surface area (Å²) in [6.07, 6.45) is 1.69. The Kier molecular flexibility index (Phi) is 5.10. The van der Waals surface area contributed by atoms with Gasteiger partial charge in [-0.15, -0.1) is 11.3 Å². The van der Waals surface area contributed by atoms with Crippen LogP contribution in [0, 0.1) is 6.92 Å². The SMILES string of the molecule is CCn1c2cc(C)sc2c2cnn(CC(=O)NCc3cccc(OC)c3)c(=O)c21. The summed E-state index contributed by atoms with van der Waals surface area (Å²) in [5.41, 5.74) is 2.32. The van der Waals surface area contributed by atoms with Crippen LogP contribution >= 0.6 is 11.3 Å². The van der Waals surface area contributed by atoms with Gasteiger partial charge in [0.2, 0.25) is 5.91 Å². The summed E-state index contributed by atoms with van der Waals surface area (Å²) < 4.78 is 9.49. The summed E-state index contributed by atoms with van der Waals surface area (Å²) in [6, 6.07) is 9.57. The number of amides is 1. The van der Waals surface area contributed by atoms with Gasteiger partial charge in [-0.1, -0.05) is 12.1 Å². The van der Waals surface area contributed by atoms with Crippen molar-refractivity contribution in [2.45, 2.75) is 33.5 Å². The van der Waals surface area contributed by atoms with Gasteiger partial charge < -0.3 is 14.6 Å². The van der Waals surface area contributed by atoms with Crippen LogP contribution in [-0.2, 0) is 24.4 Å². The van der Waals surface area contributed by atoms with Gasteiger partial charge in [-0.3, -0.25) is 9.59 Å². The number of aromatic nitrogens is 3. The Morgan fingerprint density at radius 1 is 1.31 bits per heavy atom. The smallest absolute Gasteiger partial charge is 0.291 e. The summed E-state index contributed by atoms with van der Waals surface area (Å²) in [5.74, 6) is 0.463. The van der Waals surface area contributed by atoms with Gasteiger partial charge in [-0.05, 0) is 37.6 Å². The second kappa shape index (κ2) is 7.71. The van der Waals surface area contributed by atoms with Crippen molar-refractivity contribution >= 4 is 38.4 Å². The first-order valence-electron chi connectivity index (χ1n) is 9.40. The lowest BCUT2D eigenvalue weighted by Crippen LogP contribution is -2.33. The van der Waals surface area contributed by atoms with Crippen molar-refractivity contribution in [2.24, 2.45) is 0 Å². The molecule has 150 valence electrons. The minimum absolute atomic E-state index is 0.125. The Morgan fingerprint density at radius 2 is 2.14 bits per heavy atom. The van der Waals surface area contributed by atoms with Crippen molar-refractivity contribution in [2.75, 3.05) is 7.11 Å². The number of hydrogen-bond donors (Lipinski definition) is 1. The number of nitrogens with zero attached hydrogens (tertiary/aromatic N) is 3. The molecule has 0 aliphatic heterocycles. The highest BCUT2D eigenvalue weighted by molar-refractivity contribution is 7.20. The van der Waals surface area contributed by atoms with E-state index < -0.39 is 0 Å². The first-order chi connectivity index (χ1) is 14.0. The van der Waals surface area contributed by atoms with Crippen LogP contribution in [0.3, 0.4) is 0 Å². The lowest BCUT2D eigenvalue weighted by atomic mass is 10.2. The van der Waals surface area contributed by atoms with Crippen LogP contribution in [0.25, 0.3) is 21.1 Å². The summed E-state index contributed by atoms with van der Waals surface area (Å²) >= 11 is 1.66. The molecule has 0 fully saturated rings. The van der Waals surface area contributed by atoms with Crippen molar-refractivity contribution in [1.82, 2.24) is 19.7 Å². The number of benzene rings is 1. The van der Waals surface area contributed by atoms with E-state index in [1.807, 2.05) is 35.8 Å². The molecule has 0 radical (unpaired) electrons. The molecule has 3 heterocycles. The van der Waals surface area contributed by atoms with Crippen LogP contribution in [0.2, 0.25) is 0 Å². The molecule has 0 aliphatic carbocycles. The first kappa shape index (κ1) is 19.2. The van der Waals surface area contributed by atoms with E-state index in [-0.39, 0.29) is 18.0 Å². The van der Waals surface area contributed by atoms with E-state index in [0.29, 0.717) is 18.6 Å². The number of thiophene rings is 1. The standard InChI is InChI=1S/C21H22N4O3S/c1-4-24-17-8-13(2)29-20(17)16-11-23-25(21(27)19(16)24)12-18(26)22-10-14-6-5-7-15(9-14)28-3/h5-9,11H,4,10,12H2,1-3H3,(H,22,26). The molecule has 0 unspecified atom stereocenters. The van der Waals surface area contributed by atoms with Crippen molar-refractivity contribution in [1.29, 1.82) is 0 Å². The van der Waals surface area contributed by atoms with E-state index in [1.165, 1.54) is 9.56 Å². The maximum atomic E-state index is 13.0. The molecule has 3 aromatic heterocycles. The summed E-state index contributed by atoms with van der Waals surface area (Å²) in [7, 11) is 1.60. The molecule has 0 spiro atoms. The Balaban J connectivity index is 1.58. The monoisotopic (exact) mass is 410 g/mol. The van der Waals surface area contributed by atoms with Crippen LogP contribution in [0.15, 0.2) is 41.3 Å². The Bertz CT molecular complexity index is 1270. The quantitative estimate of drug-likeness (QED) is 0.530. The lowest BCUT2D eigenvalue weighted by molar-refractivity contribution is -0.122. The fourth-order valence-electron chi connectivity index (χ4n) is 3.54. The zero-order chi connectivity index (χ0) is 20.5. The zero-order valence-corrected chi connectivity index (χ0v) is 17.4. The molecule has 8 heteroatoms. The maximum Gasteiger partial charge on any atom is 0.291 e. The summed E-state index contributed by atoms with van der Waals surface area (Å²) in [4.78, 5) is 26.6. The molecular weight excluding hydrogens is 388 g/mol. The minimum atomic E-state index is -0.269. The predicted molar refractivity (Wildman–Crippen MR) is 115 cm³/mol. The topological polar surface area (TPSA) is 78.2 Å². The summed E-state index contributed by atoms with van der Waals surface area (Å²) in [5, 5.41) is 7.93. The Morgan fingerprint density at radius 3 is 2.90 bits per heavy atom. The highest BCUT2D eigenvalue weighted by Crippen LogP contribution is 2.33. The number of carbonyl (C=O) groups excluding carboxylic acids is 1. The van der Waals surface area contributed by atoms with Gasteiger partial charge in [-0.2, -0.15) is 5.10 Å². The fraction of sp³-hybridized carbons (Fsp3) is 0.286. The Hall–Kier alpha value is -3.13. The largest absolute Gasteiger partial charge is 0.497 e. The average Bonchev–Trinajstić information content (AvgIpc) is 3.23. The van der Waals surface area contributed by atoms with Gasteiger partial charge in [0.15, 0.2) is 0 Å². The molecule has 0 saturated heterocycles. The molecule has 0 saturated carbocycles. The second-order valence-corrected chi connectivity index (χ2v) is 8.07. The molecule has 0 atom stereocenters. The highest BCUT2D eigenvalue weighted by Gasteiger charge is 2.18. The molecule has 1 aromatic carbocycles. The van der Waals surface area contributed by atoms with Gasteiger partial charge >= 0.3 is 0 Å². The third-order valence-corrected chi connectivity index (χ3v) is 5.97. The van der Waals surface area contributed by atoms with Crippen molar-refractivity contribution in [3.05, 3.63) is 57.3 Å². The molecule has 4 rings (SSSR count). The van der Waals surface area contributed by atoms with Crippen molar-refractivity contribution in [3.8, 4) is 5.75 Å². The van der Waals surface area contributed by atoms with Crippen molar-refractivity contribution in [3.63, 3.8) is 0 Å². The summed E-state index contributed by atoms with van der Waals surface area (Å²) in [6.45, 7) is 4.97. The van der Waals surface area contributed by atoms with Crippen LogP contribution in [-0.4, -0.2) is 27.4 Å². The molecule has 0 bridgehead atoms. The number of methoxy groups -OCH3 is 1. The maximum absolute atomic E-state index is 13.0. The molecular formula is C21H22N4O3S. The molecule has 1 N–H and O–H groups in total. The van der Waals surface area contributed by atoms with Crippen molar-refractivity contribution < 1.29 is 9.53 Å². The van der Waals surface area contributed by atoms with E-state index in [9.17, 15) is 9.59 Å². The van der Waals surface area contributed by atoms with E-state index in [1.54, 1.807) is 24.6 Å². The third-order valence-electron chi connectivity index (χ3n) is 4.89. The number of fused-ring (bicyclic) bond motifs is 3. The zero-order valence-electron chi connectivity index (χ0n) is 16.6. The predicted octanol–water partition coefficient (Wildman–Crippen LogP) is 3.07. The fourth-order valence-corrected chi connectivity index (χ4v) is 4.56. The van der Waals surface area contributed by atoms with Gasteiger partial charge in [0.25, 0.3) is 5.56 Å². The highest BCUT2D eigenvalue weighted by atomic mass is 32.1. The van der Waals surface area contributed by atoms with Gasteiger partial charge in [0.1, 0.15) is 17.8 Å². The lowest BCUT2D eigenvalue weighted by Gasteiger charge is -2.09. The molecule has 29 heavy (non-hydrogen) atoms. The first-order valence-corrected chi connectivity index (χ1v) is 10.2. The Labute approximate surface area is 171 Å². The van der Waals surface area contributed by atoms with E-state index in [0.717, 1.165) is 26.9 Å². The normalized spacial score (nSPS) is 11.3. The third kappa shape index (κ3) is 3.51. The number of rotatable bonds is 6. The molecule has 0 aliphatic rings. The molecule has 1 amide bonds.